The molecule has 5 nitrogen and oxygen atoms in total. The molecule has 8 heteroatoms. The quantitative estimate of drug-likeness (QED) is 0.849. The van der Waals surface area contributed by atoms with Gasteiger partial charge < -0.3 is 5.11 Å². The minimum atomic E-state index is -3.81. The molecule has 18 heavy (non-hydrogen) atoms. The fraction of sp³-hybridized carbons (Fsp3) is 0.100. The molecule has 1 aromatic rings. The molecule has 0 atom stereocenters. The molecule has 98 valence electrons. The van der Waals surface area contributed by atoms with E-state index >= 15 is 0 Å². The number of halogens is 2. The van der Waals surface area contributed by atoms with Crippen LogP contribution in [0.5, 0.6) is 0 Å². The molecule has 1 aromatic carbocycles. The van der Waals surface area contributed by atoms with Crippen molar-refractivity contribution in [2.75, 3.05) is 6.54 Å². The zero-order valence-corrected chi connectivity index (χ0v) is 12.1. The number of carboxylic acids is 1. The predicted octanol–water partition coefficient (Wildman–Crippen LogP) is 2.18. The average Bonchev–Trinajstić information content (AvgIpc) is 2.26. The second-order valence-corrected chi connectivity index (χ2v) is 6.44. The molecule has 0 heterocycles. The van der Waals surface area contributed by atoms with Crippen LogP contribution < -0.4 is 4.72 Å². The molecule has 0 spiro atoms. The van der Waals surface area contributed by atoms with Crippen LogP contribution in [-0.4, -0.2) is 26.0 Å². The molecule has 0 aliphatic heterocycles. The molecule has 0 fully saturated rings. The van der Waals surface area contributed by atoms with Crippen molar-refractivity contribution in [2.24, 2.45) is 0 Å². The first kappa shape index (κ1) is 15.2. The van der Waals surface area contributed by atoms with Crippen LogP contribution >= 0.6 is 27.5 Å². The standard InChI is InChI=1S/C10H9BrClNO4S/c1-6(12)5-13-18(16,17)7-2-3-9(11)8(4-7)10(14)15/h2-4,13H,1,5H2,(H,14,15). The number of carbonyl (C=O) groups is 1. The number of carboxylic acid groups (broad SMARTS) is 1. The van der Waals surface area contributed by atoms with Gasteiger partial charge in [-0.25, -0.2) is 17.9 Å². The molecule has 1 rings (SSSR count). The third-order valence-electron chi connectivity index (χ3n) is 1.93. The summed E-state index contributed by atoms with van der Waals surface area (Å²) in [6, 6.07) is 3.70. The van der Waals surface area contributed by atoms with Gasteiger partial charge in [0.2, 0.25) is 10.0 Å². The molecule has 0 radical (unpaired) electrons. The first-order valence-electron chi connectivity index (χ1n) is 4.60. The first-order chi connectivity index (χ1) is 8.24. The van der Waals surface area contributed by atoms with E-state index in [4.69, 9.17) is 16.7 Å². The van der Waals surface area contributed by atoms with E-state index < -0.39 is 16.0 Å². The molecule has 0 aliphatic rings. The maximum atomic E-state index is 11.8. The van der Waals surface area contributed by atoms with E-state index in [2.05, 4.69) is 27.2 Å². The van der Waals surface area contributed by atoms with Crippen molar-refractivity contribution in [3.05, 3.63) is 39.8 Å². The van der Waals surface area contributed by atoms with Crippen LogP contribution in [-0.2, 0) is 10.0 Å². The Labute approximate surface area is 118 Å². The fourth-order valence-corrected chi connectivity index (χ4v) is 2.71. The SMILES string of the molecule is C=C(Cl)CNS(=O)(=O)c1ccc(Br)c(C(=O)O)c1. The first-order valence-corrected chi connectivity index (χ1v) is 7.25. The lowest BCUT2D eigenvalue weighted by atomic mass is 10.2. The van der Waals surface area contributed by atoms with E-state index in [1.54, 1.807) is 0 Å². The van der Waals surface area contributed by atoms with Crippen molar-refractivity contribution < 1.29 is 18.3 Å². The molecule has 0 aromatic heterocycles. The summed E-state index contributed by atoms with van der Waals surface area (Å²) in [5.41, 5.74) is -0.137. The van der Waals surface area contributed by atoms with Crippen LogP contribution in [0.1, 0.15) is 10.4 Å². The van der Waals surface area contributed by atoms with Gasteiger partial charge in [-0.3, -0.25) is 0 Å². The van der Waals surface area contributed by atoms with Gasteiger partial charge in [0.25, 0.3) is 0 Å². The normalized spacial score (nSPS) is 11.2. The lowest BCUT2D eigenvalue weighted by molar-refractivity contribution is 0.0695. The summed E-state index contributed by atoms with van der Waals surface area (Å²) < 4.78 is 26.1. The number of nitrogens with one attached hydrogen (secondary N) is 1. The number of sulfonamides is 1. The molecule has 2 N–H and O–H groups in total. The van der Waals surface area contributed by atoms with Crippen molar-refractivity contribution in [2.45, 2.75) is 4.90 Å². The van der Waals surface area contributed by atoms with Crippen LogP contribution in [0.2, 0.25) is 0 Å². The topological polar surface area (TPSA) is 83.5 Å². The molecule has 0 aliphatic carbocycles. The summed E-state index contributed by atoms with van der Waals surface area (Å²) in [6.07, 6.45) is 0. The van der Waals surface area contributed by atoms with Crippen molar-refractivity contribution in [3.63, 3.8) is 0 Å². The van der Waals surface area contributed by atoms with E-state index in [9.17, 15) is 13.2 Å². The van der Waals surface area contributed by atoms with Crippen molar-refractivity contribution in [1.29, 1.82) is 0 Å². The number of hydrogen-bond acceptors (Lipinski definition) is 3. The van der Waals surface area contributed by atoms with Gasteiger partial charge in [-0.1, -0.05) is 18.2 Å². The van der Waals surface area contributed by atoms with Gasteiger partial charge in [0.1, 0.15) is 0 Å². The maximum absolute atomic E-state index is 11.8. The average molecular weight is 355 g/mol. The molecular weight excluding hydrogens is 346 g/mol. The zero-order chi connectivity index (χ0) is 13.9. The Hall–Kier alpha value is -0.890. The van der Waals surface area contributed by atoms with Crippen LogP contribution in [0.15, 0.2) is 39.2 Å². The van der Waals surface area contributed by atoms with Gasteiger partial charge in [0.15, 0.2) is 0 Å². The number of benzene rings is 1. The van der Waals surface area contributed by atoms with Gasteiger partial charge in [0, 0.05) is 16.0 Å². The van der Waals surface area contributed by atoms with E-state index in [1.165, 1.54) is 12.1 Å². The van der Waals surface area contributed by atoms with E-state index in [0.717, 1.165) is 6.07 Å². The summed E-state index contributed by atoms with van der Waals surface area (Å²) in [6.45, 7) is 3.23. The summed E-state index contributed by atoms with van der Waals surface area (Å²) in [7, 11) is -3.81. The highest BCUT2D eigenvalue weighted by atomic mass is 79.9. The summed E-state index contributed by atoms with van der Waals surface area (Å²) in [5.74, 6) is -1.22. The van der Waals surface area contributed by atoms with E-state index in [1.807, 2.05) is 0 Å². The molecular formula is C10H9BrClNO4S. The molecule has 0 saturated heterocycles. The minimum Gasteiger partial charge on any atom is -0.478 e. The Balaban J connectivity index is 3.14. The highest BCUT2D eigenvalue weighted by molar-refractivity contribution is 9.10. The molecule has 0 amide bonds. The minimum absolute atomic E-state index is 0.123. The lowest BCUT2D eigenvalue weighted by Gasteiger charge is -2.07. The van der Waals surface area contributed by atoms with Gasteiger partial charge >= 0.3 is 5.97 Å². The van der Waals surface area contributed by atoms with Crippen LogP contribution in [0.4, 0.5) is 0 Å². The highest BCUT2D eigenvalue weighted by Gasteiger charge is 2.17. The second kappa shape index (κ2) is 5.83. The number of hydrogen-bond donors (Lipinski definition) is 2. The Morgan fingerprint density at radius 3 is 2.61 bits per heavy atom. The van der Waals surface area contributed by atoms with Crippen LogP contribution in [0, 0.1) is 0 Å². The molecule has 0 unspecified atom stereocenters. The monoisotopic (exact) mass is 353 g/mol. The van der Waals surface area contributed by atoms with Crippen LogP contribution in [0.3, 0.4) is 0 Å². The van der Waals surface area contributed by atoms with Crippen molar-refractivity contribution in [1.82, 2.24) is 4.72 Å². The van der Waals surface area contributed by atoms with Crippen LogP contribution in [0.25, 0.3) is 0 Å². The lowest BCUT2D eigenvalue weighted by Crippen LogP contribution is -2.25. The van der Waals surface area contributed by atoms with E-state index in [-0.39, 0.29) is 22.0 Å². The van der Waals surface area contributed by atoms with Gasteiger partial charge in [-0.15, -0.1) is 0 Å². The third kappa shape index (κ3) is 3.81. The molecule has 0 saturated carbocycles. The van der Waals surface area contributed by atoms with Gasteiger partial charge in [-0.05, 0) is 34.1 Å². The summed E-state index contributed by atoms with van der Waals surface area (Å²) >= 11 is 8.48. The maximum Gasteiger partial charge on any atom is 0.336 e. The fourth-order valence-electron chi connectivity index (χ4n) is 1.09. The second-order valence-electron chi connectivity index (χ2n) is 3.29. The van der Waals surface area contributed by atoms with Gasteiger partial charge in [-0.2, -0.15) is 0 Å². The third-order valence-corrected chi connectivity index (χ3v) is 4.16. The highest BCUT2D eigenvalue weighted by Crippen LogP contribution is 2.21. The smallest absolute Gasteiger partial charge is 0.336 e. The number of rotatable bonds is 5. The summed E-state index contributed by atoms with van der Waals surface area (Å²) in [5, 5.41) is 9.03. The zero-order valence-electron chi connectivity index (χ0n) is 8.98. The Morgan fingerprint density at radius 1 is 1.50 bits per heavy atom. The molecule has 0 bridgehead atoms. The predicted molar refractivity (Wildman–Crippen MR) is 71.3 cm³/mol. The Kier molecular flexibility index (Phi) is 4.92. The Morgan fingerprint density at radius 2 is 2.11 bits per heavy atom. The van der Waals surface area contributed by atoms with Gasteiger partial charge in [0.05, 0.1) is 10.5 Å². The largest absolute Gasteiger partial charge is 0.478 e. The van der Waals surface area contributed by atoms with Crippen molar-refractivity contribution in [3.8, 4) is 0 Å². The van der Waals surface area contributed by atoms with Crippen molar-refractivity contribution >= 4 is 43.5 Å². The number of aromatic carboxylic acids is 1. The summed E-state index contributed by atoms with van der Waals surface area (Å²) in [4.78, 5) is 10.7. The Bertz CT molecular complexity index is 600. The van der Waals surface area contributed by atoms with E-state index in [0.29, 0.717) is 4.47 Å².